The molecule has 0 saturated heterocycles. The van der Waals surface area contributed by atoms with Gasteiger partial charge in [-0.25, -0.2) is 0 Å². The Balaban J connectivity index is 0.00000169. The van der Waals surface area contributed by atoms with E-state index in [0.29, 0.717) is 6.04 Å². The van der Waals surface area contributed by atoms with Crippen LogP contribution in [0, 0.1) is 0 Å². The van der Waals surface area contributed by atoms with Crippen LogP contribution in [0.1, 0.15) is 18.9 Å². The minimum absolute atomic E-state index is 0. The predicted octanol–water partition coefficient (Wildman–Crippen LogP) is 3.11. The number of hydrogen-bond donors (Lipinski definition) is 1. The van der Waals surface area contributed by atoms with Crippen molar-refractivity contribution in [2.24, 2.45) is 5.73 Å². The summed E-state index contributed by atoms with van der Waals surface area (Å²) in [5.41, 5.74) is 7.21. The van der Waals surface area contributed by atoms with Gasteiger partial charge in [-0.2, -0.15) is 0 Å². The first-order valence-corrected chi connectivity index (χ1v) is 5.87. The molecule has 0 saturated carbocycles. The fraction of sp³-hybridized carbons (Fsp3) is 0.455. The molecule has 0 aromatic heterocycles. The Morgan fingerprint density at radius 2 is 1.86 bits per heavy atom. The third kappa shape index (κ3) is 4.36. The molecular formula is C11H18ClNS. The van der Waals surface area contributed by atoms with E-state index >= 15 is 0 Å². The molecular weight excluding hydrogens is 214 g/mol. The molecule has 1 unspecified atom stereocenters. The zero-order chi connectivity index (χ0) is 9.68. The number of rotatable bonds is 4. The van der Waals surface area contributed by atoms with E-state index in [1.54, 1.807) is 11.8 Å². The summed E-state index contributed by atoms with van der Waals surface area (Å²) in [5, 5.41) is 0. The Morgan fingerprint density at radius 1 is 1.29 bits per heavy atom. The van der Waals surface area contributed by atoms with Gasteiger partial charge in [-0.05, 0) is 36.8 Å². The van der Waals surface area contributed by atoms with E-state index in [9.17, 15) is 0 Å². The van der Waals surface area contributed by atoms with Crippen molar-refractivity contribution < 1.29 is 0 Å². The summed E-state index contributed by atoms with van der Waals surface area (Å²) < 4.78 is 0. The summed E-state index contributed by atoms with van der Waals surface area (Å²) in [5.74, 6) is 0. The van der Waals surface area contributed by atoms with Crippen LogP contribution in [0.15, 0.2) is 29.2 Å². The van der Waals surface area contributed by atoms with E-state index in [1.807, 2.05) is 0 Å². The second kappa shape index (κ2) is 7.16. The van der Waals surface area contributed by atoms with Gasteiger partial charge in [0.15, 0.2) is 0 Å². The topological polar surface area (TPSA) is 26.0 Å². The Labute approximate surface area is 96.9 Å². The zero-order valence-corrected chi connectivity index (χ0v) is 10.3. The maximum atomic E-state index is 5.87. The number of benzene rings is 1. The summed E-state index contributed by atoms with van der Waals surface area (Å²) in [6.45, 7) is 2.13. The molecule has 1 nitrogen and oxygen atoms in total. The van der Waals surface area contributed by atoms with Gasteiger partial charge in [-0.3, -0.25) is 0 Å². The van der Waals surface area contributed by atoms with Gasteiger partial charge in [0.25, 0.3) is 0 Å². The van der Waals surface area contributed by atoms with Gasteiger partial charge in [0.2, 0.25) is 0 Å². The van der Waals surface area contributed by atoms with Crippen LogP contribution in [-0.4, -0.2) is 12.3 Å². The van der Waals surface area contributed by atoms with Crippen molar-refractivity contribution in [2.75, 3.05) is 6.26 Å². The highest BCUT2D eigenvalue weighted by Crippen LogP contribution is 2.15. The molecule has 0 spiro atoms. The van der Waals surface area contributed by atoms with Gasteiger partial charge < -0.3 is 5.73 Å². The van der Waals surface area contributed by atoms with Crippen LogP contribution in [0.3, 0.4) is 0 Å². The van der Waals surface area contributed by atoms with Gasteiger partial charge in [-0.1, -0.05) is 19.1 Å². The molecule has 1 atom stereocenters. The van der Waals surface area contributed by atoms with E-state index in [0.717, 1.165) is 12.8 Å². The van der Waals surface area contributed by atoms with Gasteiger partial charge in [0.1, 0.15) is 0 Å². The number of nitrogens with two attached hydrogens (primary N) is 1. The van der Waals surface area contributed by atoms with Gasteiger partial charge in [-0.15, -0.1) is 24.2 Å². The third-order valence-corrected chi connectivity index (χ3v) is 2.92. The zero-order valence-electron chi connectivity index (χ0n) is 8.69. The molecule has 0 heterocycles. The SMILES string of the molecule is CCC(N)Cc1ccc(SC)cc1.Cl. The van der Waals surface area contributed by atoms with E-state index in [2.05, 4.69) is 37.4 Å². The first kappa shape index (κ1) is 13.8. The van der Waals surface area contributed by atoms with Crippen molar-refractivity contribution in [3.8, 4) is 0 Å². The van der Waals surface area contributed by atoms with Crippen LogP contribution in [0.5, 0.6) is 0 Å². The quantitative estimate of drug-likeness (QED) is 0.806. The summed E-state index contributed by atoms with van der Waals surface area (Å²) in [7, 11) is 0. The van der Waals surface area contributed by atoms with Crippen molar-refractivity contribution in [3.63, 3.8) is 0 Å². The lowest BCUT2D eigenvalue weighted by Crippen LogP contribution is -2.21. The van der Waals surface area contributed by atoms with Crippen molar-refractivity contribution in [1.82, 2.24) is 0 Å². The fourth-order valence-electron chi connectivity index (χ4n) is 1.21. The first-order valence-electron chi connectivity index (χ1n) is 4.64. The second-order valence-electron chi connectivity index (χ2n) is 3.22. The van der Waals surface area contributed by atoms with Crippen molar-refractivity contribution >= 4 is 24.2 Å². The smallest absolute Gasteiger partial charge is 0.00766 e. The molecule has 0 aliphatic carbocycles. The molecule has 0 aliphatic heterocycles. The highest BCUT2D eigenvalue weighted by Gasteiger charge is 2.00. The summed E-state index contributed by atoms with van der Waals surface area (Å²) in [4.78, 5) is 1.31. The molecule has 1 aromatic carbocycles. The fourth-order valence-corrected chi connectivity index (χ4v) is 1.62. The Bertz CT molecular complexity index is 248. The summed E-state index contributed by atoms with van der Waals surface area (Å²) >= 11 is 1.77. The monoisotopic (exact) mass is 231 g/mol. The minimum Gasteiger partial charge on any atom is -0.327 e. The molecule has 2 N–H and O–H groups in total. The molecule has 1 aromatic rings. The maximum Gasteiger partial charge on any atom is 0.00766 e. The normalized spacial score (nSPS) is 11.9. The van der Waals surface area contributed by atoms with E-state index in [-0.39, 0.29) is 12.4 Å². The van der Waals surface area contributed by atoms with Crippen molar-refractivity contribution in [1.29, 1.82) is 0 Å². The minimum atomic E-state index is 0. The Morgan fingerprint density at radius 3 is 2.29 bits per heavy atom. The molecule has 0 fully saturated rings. The molecule has 80 valence electrons. The van der Waals surface area contributed by atoms with Crippen LogP contribution in [0.2, 0.25) is 0 Å². The summed E-state index contributed by atoms with van der Waals surface area (Å²) in [6.07, 6.45) is 4.13. The number of halogens is 1. The molecule has 0 amide bonds. The number of thioether (sulfide) groups is 1. The molecule has 3 heteroatoms. The van der Waals surface area contributed by atoms with Crippen LogP contribution < -0.4 is 5.73 Å². The van der Waals surface area contributed by atoms with Gasteiger partial charge >= 0.3 is 0 Å². The number of hydrogen-bond acceptors (Lipinski definition) is 2. The highest BCUT2D eigenvalue weighted by atomic mass is 35.5. The summed E-state index contributed by atoms with van der Waals surface area (Å²) in [6, 6.07) is 8.95. The van der Waals surface area contributed by atoms with E-state index in [1.165, 1.54) is 10.5 Å². The largest absolute Gasteiger partial charge is 0.327 e. The maximum absolute atomic E-state index is 5.87. The highest BCUT2D eigenvalue weighted by molar-refractivity contribution is 7.98. The molecule has 0 bridgehead atoms. The lowest BCUT2D eigenvalue weighted by Gasteiger charge is -2.08. The predicted molar refractivity (Wildman–Crippen MR) is 67.4 cm³/mol. The Hall–Kier alpha value is -0.180. The lowest BCUT2D eigenvalue weighted by molar-refractivity contribution is 0.646. The van der Waals surface area contributed by atoms with Crippen LogP contribution in [0.25, 0.3) is 0 Å². The second-order valence-corrected chi connectivity index (χ2v) is 4.10. The first-order chi connectivity index (χ1) is 6.26. The lowest BCUT2D eigenvalue weighted by atomic mass is 10.1. The Kier molecular flexibility index (Phi) is 7.06. The van der Waals surface area contributed by atoms with Crippen LogP contribution in [-0.2, 0) is 6.42 Å². The van der Waals surface area contributed by atoms with Crippen molar-refractivity contribution in [2.45, 2.75) is 30.7 Å². The average molecular weight is 232 g/mol. The van der Waals surface area contributed by atoms with E-state index < -0.39 is 0 Å². The molecule has 14 heavy (non-hydrogen) atoms. The van der Waals surface area contributed by atoms with Gasteiger partial charge in [0, 0.05) is 10.9 Å². The molecule has 0 aliphatic rings. The molecule has 0 radical (unpaired) electrons. The van der Waals surface area contributed by atoms with E-state index in [4.69, 9.17) is 5.73 Å². The standard InChI is InChI=1S/C11H17NS.ClH/c1-3-10(12)8-9-4-6-11(13-2)7-5-9;/h4-7,10H,3,8,12H2,1-2H3;1H. The van der Waals surface area contributed by atoms with Crippen molar-refractivity contribution in [3.05, 3.63) is 29.8 Å². The molecule has 1 rings (SSSR count). The van der Waals surface area contributed by atoms with Crippen LogP contribution in [0.4, 0.5) is 0 Å². The average Bonchev–Trinajstić information content (AvgIpc) is 2.19. The third-order valence-electron chi connectivity index (χ3n) is 2.18. The van der Waals surface area contributed by atoms with Crippen LogP contribution >= 0.6 is 24.2 Å². The van der Waals surface area contributed by atoms with Gasteiger partial charge in [0.05, 0.1) is 0 Å².